The Morgan fingerprint density at radius 2 is 2.08 bits per heavy atom. The van der Waals surface area contributed by atoms with Crippen molar-refractivity contribution < 1.29 is 0 Å². The van der Waals surface area contributed by atoms with Gasteiger partial charge in [-0.05, 0) is 24.5 Å². The number of aromatic nitrogens is 1. The molecule has 0 radical (unpaired) electrons. The minimum absolute atomic E-state index is 0.603. The van der Waals surface area contributed by atoms with Gasteiger partial charge in [0.15, 0.2) is 0 Å². The summed E-state index contributed by atoms with van der Waals surface area (Å²) in [7, 11) is 0. The summed E-state index contributed by atoms with van der Waals surface area (Å²) in [6, 6.07) is 4.11. The van der Waals surface area contributed by atoms with Gasteiger partial charge in [0, 0.05) is 11.9 Å². The van der Waals surface area contributed by atoms with E-state index in [1.807, 2.05) is 19.2 Å². The predicted octanol–water partition coefficient (Wildman–Crippen LogP) is 3.06. The molecule has 1 aromatic heterocycles. The third kappa shape index (κ3) is 2.87. The standard InChI is InChI=1S/C11H15N/c1-9(2)4-6-11-7-5-10(3)12-8-11/h4-9H,1-3H3/b6-4+. The zero-order valence-electron chi connectivity index (χ0n) is 7.91. The molecule has 1 heteroatoms. The van der Waals surface area contributed by atoms with Crippen LogP contribution in [0.15, 0.2) is 24.4 Å². The fraction of sp³-hybridized carbons (Fsp3) is 0.364. The van der Waals surface area contributed by atoms with E-state index in [0.717, 1.165) is 5.69 Å². The van der Waals surface area contributed by atoms with E-state index in [2.05, 4.69) is 37.0 Å². The first-order valence-electron chi connectivity index (χ1n) is 4.29. The number of pyridine rings is 1. The van der Waals surface area contributed by atoms with Gasteiger partial charge in [0.25, 0.3) is 0 Å². The molecule has 1 heterocycles. The van der Waals surface area contributed by atoms with Gasteiger partial charge in [-0.25, -0.2) is 0 Å². The average Bonchev–Trinajstić information content (AvgIpc) is 2.03. The molecule has 1 nitrogen and oxygen atoms in total. The molecule has 0 fully saturated rings. The molecular weight excluding hydrogens is 146 g/mol. The van der Waals surface area contributed by atoms with Crippen molar-refractivity contribution in [1.29, 1.82) is 0 Å². The van der Waals surface area contributed by atoms with Gasteiger partial charge in [0.2, 0.25) is 0 Å². The van der Waals surface area contributed by atoms with Crippen LogP contribution < -0.4 is 0 Å². The van der Waals surface area contributed by atoms with E-state index >= 15 is 0 Å². The maximum atomic E-state index is 4.21. The lowest BCUT2D eigenvalue weighted by Gasteiger charge is -1.95. The van der Waals surface area contributed by atoms with E-state index in [4.69, 9.17) is 0 Å². The molecule has 0 atom stereocenters. The Bertz CT molecular complexity index is 257. The van der Waals surface area contributed by atoms with Crippen molar-refractivity contribution in [3.05, 3.63) is 35.7 Å². The molecule has 0 saturated heterocycles. The Labute approximate surface area is 74.2 Å². The molecule has 12 heavy (non-hydrogen) atoms. The van der Waals surface area contributed by atoms with Crippen LogP contribution in [0.4, 0.5) is 0 Å². The number of allylic oxidation sites excluding steroid dienone is 1. The monoisotopic (exact) mass is 161 g/mol. The maximum Gasteiger partial charge on any atom is 0.0373 e. The highest BCUT2D eigenvalue weighted by Crippen LogP contribution is 2.04. The summed E-state index contributed by atoms with van der Waals surface area (Å²) in [5, 5.41) is 0. The zero-order valence-corrected chi connectivity index (χ0v) is 7.91. The molecule has 0 spiro atoms. The second kappa shape index (κ2) is 4.05. The lowest BCUT2D eigenvalue weighted by atomic mass is 10.1. The molecule has 0 aliphatic carbocycles. The van der Waals surface area contributed by atoms with Crippen LogP contribution in [0.25, 0.3) is 6.08 Å². The minimum Gasteiger partial charge on any atom is -0.261 e. The van der Waals surface area contributed by atoms with Crippen LogP contribution in [-0.2, 0) is 0 Å². The summed E-state index contributed by atoms with van der Waals surface area (Å²) < 4.78 is 0. The van der Waals surface area contributed by atoms with E-state index in [0.29, 0.717) is 5.92 Å². The van der Waals surface area contributed by atoms with Crippen LogP contribution in [0.1, 0.15) is 25.1 Å². The second-order valence-corrected chi connectivity index (χ2v) is 3.34. The molecule has 0 amide bonds. The number of hydrogen-bond acceptors (Lipinski definition) is 1. The number of aryl methyl sites for hydroxylation is 1. The van der Waals surface area contributed by atoms with Crippen molar-refractivity contribution >= 4 is 6.08 Å². The molecule has 1 rings (SSSR count). The normalized spacial score (nSPS) is 11.3. The summed E-state index contributed by atoms with van der Waals surface area (Å²) in [6.45, 7) is 6.33. The van der Waals surface area contributed by atoms with Crippen molar-refractivity contribution in [2.45, 2.75) is 20.8 Å². The first kappa shape index (κ1) is 8.98. The van der Waals surface area contributed by atoms with Gasteiger partial charge in [0.05, 0.1) is 0 Å². The average molecular weight is 161 g/mol. The third-order valence-electron chi connectivity index (χ3n) is 1.61. The zero-order chi connectivity index (χ0) is 8.97. The number of nitrogens with zero attached hydrogens (tertiary/aromatic N) is 1. The van der Waals surface area contributed by atoms with E-state index in [-0.39, 0.29) is 0 Å². The minimum atomic E-state index is 0.603. The van der Waals surface area contributed by atoms with Crippen molar-refractivity contribution in [2.24, 2.45) is 5.92 Å². The highest BCUT2D eigenvalue weighted by atomic mass is 14.6. The van der Waals surface area contributed by atoms with Crippen LogP contribution >= 0.6 is 0 Å². The van der Waals surface area contributed by atoms with Crippen molar-refractivity contribution in [2.75, 3.05) is 0 Å². The largest absolute Gasteiger partial charge is 0.261 e. The second-order valence-electron chi connectivity index (χ2n) is 3.34. The number of rotatable bonds is 2. The smallest absolute Gasteiger partial charge is 0.0373 e. The topological polar surface area (TPSA) is 12.9 Å². The lowest BCUT2D eigenvalue weighted by Crippen LogP contribution is -1.81. The molecule has 0 bridgehead atoms. The maximum absolute atomic E-state index is 4.21. The van der Waals surface area contributed by atoms with E-state index < -0.39 is 0 Å². The molecule has 0 saturated carbocycles. The highest BCUT2D eigenvalue weighted by molar-refractivity contribution is 5.47. The quantitative estimate of drug-likeness (QED) is 0.649. The number of hydrogen-bond donors (Lipinski definition) is 0. The van der Waals surface area contributed by atoms with Gasteiger partial charge in [0.1, 0.15) is 0 Å². The summed E-state index contributed by atoms with van der Waals surface area (Å²) in [5.41, 5.74) is 2.24. The molecule has 0 unspecified atom stereocenters. The Kier molecular flexibility index (Phi) is 3.03. The molecule has 0 aliphatic heterocycles. The van der Waals surface area contributed by atoms with Crippen molar-refractivity contribution in [3.63, 3.8) is 0 Å². The van der Waals surface area contributed by atoms with Crippen molar-refractivity contribution in [1.82, 2.24) is 4.98 Å². The Morgan fingerprint density at radius 1 is 1.33 bits per heavy atom. The van der Waals surface area contributed by atoms with Gasteiger partial charge in [-0.2, -0.15) is 0 Å². The molecule has 0 aromatic carbocycles. The van der Waals surface area contributed by atoms with Crippen LogP contribution in [0, 0.1) is 12.8 Å². The first-order valence-corrected chi connectivity index (χ1v) is 4.29. The summed E-state index contributed by atoms with van der Waals surface area (Å²) in [6.07, 6.45) is 6.18. The fourth-order valence-corrected chi connectivity index (χ4v) is 0.881. The Balaban J connectivity index is 2.71. The van der Waals surface area contributed by atoms with E-state index in [1.54, 1.807) is 0 Å². The van der Waals surface area contributed by atoms with Crippen LogP contribution in [0.2, 0.25) is 0 Å². The third-order valence-corrected chi connectivity index (χ3v) is 1.61. The van der Waals surface area contributed by atoms with E-state index in [1.165, 1.54) is 5.56 Å². The first-order chi connectivity index (χ1) is 5.68. The fourth-order valence-electron chi connectivity index (χ4n) is 0.881. The van der Waals surface area contributed by atoms with Crippen LogP contribution in [0.5, 0.6) is 0 Å². The lowest BCUT2D eigenvalue weighted by molar-refractivity contribution is 0.836. The van der Waals surface area contributed by atoms with Crippen molar-refractivity contribution in [3.8, 4) is 0 Å². The summed E-state index contributed by atoms with van der Waals surface area (Å²) in [4.78, 5) is 4.21. The van der Waals surface area contributed by atoms with Gasteiger partial charge < -0.3 is 0 Å². The van der Waals surface area contributed by atoms with Crippen LogP contribution in [0.3, 0.4) is 0 Å². The van der Waals surface area contributed by atoms with Gasteiger partial charge in [-0.15, -0.1) is 0 Å². The van der Waals surface area contributed by atoms with Gasteiger partial charge in [-0.1, -0.05) is 32.1 Å². The van der Waals surface area contributed by atoms with E-state index in [9.17, 15) is 0 Å². The van der Waals surface area contributed by atoms with Gasteiger partial charge in [-0.3, -0.25) is 4.98 Å². The molecule has 0 aliphatic rings. The van der Waals surface area contributed by atoms with Gasteiger partial charge >= 0.3 is 0 Å². The van der Waals surface area contributed by atoms with Crippen LogP contribution in [-0.4, -0.2) is 4.98 Å². The summed E-state index contributed by atoms with van der Waals surface area (Å²) in [5.74, 6) is 0.603. The SMILES string of the molecule is Cc1ccc(/C=C/C(C)C)cn1. The molecular formula is C11H15N. The molecule has 64 valence electrons. The summed E-state index contributed by atoms with van der Waals surface area (Å²) >= 11 is 0. The Morgan fingerprint density at radius 3 is 2.58 bits per heavy atom. The highest BCUT2D eigenvalue weighted by Gasteiger charge is 1.88. The Hall–Kier alpha value is -1.11. The predicted molar refractivity (Wildman–Crippen MR) is 52.8 cm³/mol. The molecule has 0 N–H and O–H groups in total. The molecule has 1 aromatic rings.